The molecule has 3 fully saturated rings. The molecule has 1 unspecified atom stereocenters. The minimum Gasteiger partial charge on any atom is -0.388 e. The summed E-state index contributed by atoms with van der Waals surface area (Å²) in [5.41, 5.74) is 0.350. The molecule has 0 aromatic rings. The summed E-state index contributed by atoms with van der Waals surface area (Å²) in [4.78, 5) is 0. The molecular weight excluding hydrogens is 396 g/mol. The highest BCUT2D eigenvalue weighted by atomic mass is 16.7. The first kappa shape index (κ1) is 24.6. The fourth-order valence-electron chi connectivity index (χ4n) is 5.20. The molecule has 6 nitrogen and oxygen atoms in total. The van der Waals surface area contributed by atoms with Crippen LogP contribution in [0.25, 0.3) is 0 Å². The molecule has 3 rings (SSSR count). The molecule has 176 valence electrons. The Kier molecular flexibility index (Phi) is 6.93. The Bertz CT molecular complexity index is 717. The van der Waals surface area contributed by atoms with Gasteiger partial charge in [0.05, 0.1) is 17.8 Å². The van der Waals surface area contributed by atoms with Crippen LogP contribution in [0.15, 0.2) is 37.0 Å². The number of hydrogen-bond donors (Lipinski definition) is 3. The van der Waals surface area contributed by atoms with E-state index in [0.29, 0.717) is 11.8 Å². The van der Waals surface area contributed by atoms with E-state index in [2.05, 4.69) is 40.0 Å². The molecule has 3 N–H and O–H groups in total. The molecule has 6 heteroatoms. The van der Waals surface area contributed by atoms with Gasteiger partial charge < -0.3 is 29.5 Å². The number of allylic oxidation sites excluding steroid dienone is 2. The van der Waals surface area contributed by atoms with E-state index >= 15 is 0 Å². The number of epoxide rings is 1. The highest BCUT2D eigenvalue weighted by Crippen LogP contribution is 2.55. The van der Waals surface area contributed by atoms with Gasteiger partial charge in [-0.25, -0.2) is 0 Å². The van der Waals surface area contributed by atoms with Crippen molar-refractivity contribution in [3.05, 3.63) is 37.0 Å². The van der Waals surface area contributed by atoms with Gasteiger partial charge in [-0.1, -0.05) is 37.3 Å². The third-order valence-electron chi connectivity index (χ3n) is 7.65. The molecule has 1 saturated carbocycles. The molecule has 31 heavy (non-hydrogen) atoms. The predicted molar refractivity (Wildman–Crippen MR) is 119 cm³/mol. The number of ether oxygens (including phenoxy) is 3. The molecule has 1 aliphatic carbocycles. The molecule has 0 bridgehead atoms. The van der Waals surface area contributed by atoms with E-state index in [1.807, 2.05) is 26.0 Å². The Balaban J connectivity index is 1.60. The Morgan fingerprint density at radius 3 is 2.48 bits per heavy atom. The van der Waals surface area contributed by atoms with Crippen molar-refractivity contribution < 1.29 is 29.5 Å². The lowest BCUT2D eigenvalue weighted by molar-refractivity contribution is -0.289. The van der Waals surface area contributed by atoms with Crippen molar-refractivity contribution in [2.45, 2.75) is 95.8 Å². The fraction of sp³-hybridized carbons (Fsp3) is 0.760. The van der Waals surface area contributed by atoms with Gasteiger partial charge in [0.1, 0.15) is 24.4 Å². The fourth-order valence-corrected chi connectivity index (χ4v) is 5.20. The minimum atomic E-state index is -1.31. The summed E-state index contributed by atoms with van der Waals surface area (Å²) < 4.78 is 17.4. The molecule has 0 amide bonds. The maximum absolute atomic E-state index is 10.1. The number of aliphatic hydroxyl groups is 3. The number of aliphatic hydroxyl groups excluding tert-OH is 3. The standard InChI is InChI=1S/C25H40O6/c1-8-24(6)12-9-16(13-17(24)15(2)3)25(7)19(30-25)10-11-23(4,5)31-22-21(28)20(27)18(26)14-29-22/h8,10-11,16-22,26-28H,1-2,9,12-14H2,3-7H3/b11-10+/t16?,17-,18-,19-,20-,21+,22+,24+,25-/m1/s1. The molecular formula is C25H40O6. The first-order chi connectivity index (χ1) is 14.3. The zero-order valence-corrected chi connectivity index (χ0v) is 19.6. The normalized spacial score (nSPS) is 46.1. The summed E-state index contributed by atoms with van der Waals surface area (Å²) in [5.74, 6) is 0.849. The van der Waals surface area contributed by atoms with Crippen LogP contribution in [0.1, 0.15) is 53.9 Å². The van der Waals surface area contributed by atoms with Crippen LogP contribution in [0.4, 0.5) is 0 Å². The van der Waals surface area contributed by atoms with Gasteiger partial charge in [-0.05, 0) is 64.2 Å². The summed E-state index contributed by atoms with van der Waals surface area (Å²) in [6, 6.07) is 0. The van der Waals surface area contributed by atoms with E-state index in [1.54, 1.807) is 0 Å². The maximum atomic E-state index is 10.1. The molecule has 0 aromatic carbocycles. The first-order valence-corrected chi connectivity index (χ1v) is 11.3. The summed E-state index contributed by atoms with van der Waals surface area (Å²) in [7, 11) is 0. The van der Waals surface area contributed by atoms with Crippen LogP contribution in [-0.2, 0) is 14.2 Å². The summed E-state index contributed by atoms with van der Waals surface area (Å²) in [6.45, 7) is 18.5. The van der Waals surface area contributed by atoms with Gasteiger partial charge >= 0.3 is 0 Å². The lowest BCUT2D eigenvalue weighted by Gasteiger charge is -2.44. The van der Waals surface area contributed by atoms with E-state index in [9.17, 15) is 15.3 Å². The maximum Gasteiger partial charge on any atom is 0.187 e. The highest BCUT2D eigenvalue weighted by molar-refractivity contribution is 5.20. The summed E-state index contributed by atoms with van der Waals surface area (Å²) in [6.07, 6.45) is 4.54. The molecule has 3 aliphatic rings. The Hall–Kier alpha value is -1.02. The van der Waals surface area contributed by atoms with Crippen LogP contribution < -0.4 is 0 Å². The third kappa shape index (κ3) is 5.00. The van der Waals surface area contributed by atoms with Gasteiger partial charge in [-0.15, -0.1) is 6.58 Å². The second-order valence-electron chi connectivity index (χ2n) is 10.6. The number of hydrogen-bond acceptors (Lipinski definition) is 6. The molecule has 2 aliphatic heterocycles. The Morgan fingerprint density at radius 1 is 1.19 bits per heavy atom. The topological polar surface area (TPSA) is 91.7 Å². The quantitative estimate of drug-likeness (QED) is 0.420. The summed E-state index contributed by atoms with van der Waals surface area (Å²) >= 11 is 0. The lowest BCUT2D eigenvalue weighted by atomic mass is 9.60. The third-order valence-corrected chi connectivity index (χ3v) is 7.65. The summed E-state index contributed by atoms with van der Waals surface area (Å²) in [5, 5.41) is 29.6. The second-order valence-corrected chi connectivity index (χ2v) is 10.6. The van der Waals surface area contributed by atoms with E-state index in [1.165, 1.54) is 5.57 Å². The zero-order chi connectivity index (χ0) is 23.2. The Morgan fingerprint density at radius 2 is 1.87 bits per heavy atom. The lowest BCUT2D eigenvalue weighted by Crippen LogP contribution is -2.55. The van der Waals surface area contributed by atoms with Crippen LogP contribution in [0.3, 0.4) is 0 Å². The monoisotopic (exact) mass is 436 g/mol. The Labute approximate surface area is 186 Å². The smallest absolute Gasteiger partial charge is 0.187 e. The average Bonchev–Trinajstić information content (AvgIpc) is 3.38. The molecule has 2 heterocycles. The second kappa shape index (κ2) is 8.73. The number of rotatable bonds is 7. The molecule has 2 saturated heterocycles. The van der Waals surface area contributed by atoms with E-state index in [4.69, 9.17) is 14.2 Å². The highest BCUT2D eigenvalue weighted by Gasteiger charge is 2.58. The van der Waals surface area contributed by atoms with Crippen molar-refractivity contribution in [1.82, 2.24) is 0 Å². The van der Waals surface area contributed by atoms with Crippen molar-refractivity contribution in [3.8, 4) is 0 Å². The van der Waals surface area contributed by atoms with Crippen molar-refractivity contribution in [1.29, 1.82) is 0 Å². The van der Waals surface area contributed by atoms with Crippen LogP contribution >= 0.6 is 0 Å². The minimum absolute atomic E-state index is 0.00356. The van der Waals surface area contributed by atoms with Crippen molar-refractivity contribution >= 4 is 0 Å². The molecule has 9 atom stereocenters. The molecule has 0 spiro atoms. The zero-order valence-electron chi connectivity index (χ0n) is 19.6. The van der Waals surface area contributed by atoms with E-state index in [0.717, 1.165) is 19.3 Å². The predicted octanol–water partition coefficient (Wildman–Crippen LogP) is 3.12. The van der Waals surface area contributed by atoms with Gasteiger partial charge in [0.2, 0.25) is 0 Å². The van der Waals surface area contributed by atoms with Crippen LogP contribution in [0.2, 0.25) is 0 Å². The molecule has 0 radical (unpaired) electrons. The van der Waals surface area contributed by atoms with Gasteiger partial charge in [0.15, 0.2) is 6.29 Å². The van der Waals surface area contributed by atoms with Gasteiger partial charge in [-0.3, -0.25) is 0 Å². The van der Waals surface area contributed by atoms with Gasteiger partial charge in [0.25, 0.3) is 0 Å². The molecule has 0 aromatic heterocycles. The van der Waals surface area contributed by atoms with Crippen molar-refractivity contribution in [2.24, 2.45) is 17.3 Å². The van der Waals surface area contributed by atoms with Crippen LogP contribution in [0.5, 0.6) is 0 Å². The van der Waals surface area contributed by atoms with Gasteiger partial charge in [0, 0.05) is 0 Å². The SMILES string of the molecule is C=C[C@@]1(C)CCC([C@@]2(C)O[C@@H]2/C=C/C(C)(C)O[C@@H]2OC[C@@H](O)[C@@H](O)[C@@H]2O)C[C@@H]1C(=C)C. The van der Waals surface area contributed by atoms with Crippen LogP contribution in [-0.4, -0.2) is 63.8 Å². The van der Waals surface area contributed by atoms with Crippen molar-refractivity contribution in [3.63, 3.8) is 0 Å². The van der Waals surface area contributed by atoms with Gasteiger partial charge in [-0.2, -0.15) is 0 Å². The largest absolute Gasteiger partial charge is 0.388 e. The van der Waals surface area contributed by atoms with Crippen LogP contribution in [0, 0.1) is 17.3 Å². The van der Waals surface area contributed by atoms with E-state index < -0.39 is 30.2 Å². The average molecular weight is 437 g/mol. The first-order valence-electron chi connectivity index (χ1n) is 11.3. The van der Waals surface area contributed by atoms with Crippen molar-refractivity contribution in [2.75, 3.05) is 6.61 Å². The van der Waals surface area contributed by atoms with E-state index in [-0.39, 0.29) is 23.7 Å².